The summed E-state index contributed by atoms with van der Waals surface area (Å²) >= 11 is 0. The zero-order valence-electron chi connectivity index (χ0n) is 15.1. The van der Waals surface area contributed by atoms with Gasteiger partial charge in [-0.1, -0.05) is 19.3 Å². The van der Waals surface area contributed by atoms with E-state index in [2.05, 4.69) is 20.2 Å². The SMILES string of the molecule is CN(c1cc(C(=O)Nc2ccc(S(N)(=O)=O)cc2)ncn1)C1CCCCC1. The smallest absolute Gasteiger partial charge is 0.274 e. The number of anilines is 2. The predicted molar refractivity (Wildman–Crippen MR) is 103 cm³/mol. The van der Waals surface area contributed by atoms with Gasteiger partial charge in [-0.05, 0) is 37.1 Å². The molecule has 27 heavy (non-hydrogen) atoms. The Balaban J connectivity index is 1.71. The standard InChI is InChI=1S/C18H23N5O3S/c1-23(14-5-3-2-4-6-14)17-11-16(20-12-21-17)18(24)22-13-7-9-15(10-8-13)27(19,25)26/h7-12,14H,2-6H2,1H3,(H,22,24)(H2,19,25,26). The Morgan fingerprint density at radius 3 is 2.44 bits per heavy atom. The third-order valence-corrected chi connectivity index (χ3v) is 5.74. The lowest BCUT2D eigenvalue weighted by atomic mass is 9.94. The van der Waals surface area contributed by atoms with Crippen LogP contribution >= 0.6 is 0 Å². The Morgan fingerprint density at radius 2 is 1.81 bits per heavy atom. The highest BCUT2D eigenvalue weighted by Crippen LogP contribution is 2.25. The molecule has 0 spiro atoms. The Bertz CT molecular complexity index is 909. The molecule has 1 saturated carbocycles. The fraction of sp³-hybridized carbons (Fsp3) is 0.389. The topological polar surface area (TPSA) is 118 Å². The Hall–Kier alpha value is -2.52. The average Bonchev–Trinajstić information content (AvgIpc) is 2.68. The molecule has 1 aliphatic rings. The first-order chi connectivity index (χ1) is 12.8. The number of nitrogens with one attached hydrogen (secondary N) is 1. The summed E-state index contributed by atoms with van der Waals surface area (Å²) in [4.78, 5) is 22.9. The van der Waals surface area contributed by atoms with Crippen LogP contribution in [-0.4, -0.2) is 37.4 Å². The first-order valence-electron chi connectivity index (χ1n) is 8.84. The van der Waals surface area contributed by atoms with Gasteiger partial charge in [-0.2, -0.15) is 0 Å². The third-order valence-electron chi connectivity index (χ3n) is 4.81. The van der Waals surface area contributed by atoms with Gasteiger partial charge in [-0.25, -0.2) is 23.5 Å². The van der Waals surface area contributed by atoms with Crippen LogP contribution in [-0.2, 0) is 10.0 Å². The number of amides is 1. The highest BCUT2D eigenvalue weighted by atomic mass is 32.2. The summed E-state index contributed by atoms with van der Waals surface area (Å²) in [5.74, 6) is 0.325. The average molecular weight is 389 g/mol. The van der Waals surface area contributed by atoms with Crippen molar-refractivity contribution < 1.29 is 13.2 Å². The molecule has 0 radical (unpaired) electrons. The van der Waals surface area contributed by atoms with E-state index in [9.17, 15) is 13.2 Å². The van der Waals surface area contributed by atoms with Gasteiger partial charge in [0.1, 0.15) is 17.8 Å². The van der Waals surface area contributed by atoms with E-state index >= 15 is 0 Å². The van der Waals surface area contributed by atoms with E-state index in [0.717, 1.165) is 12.8 Å². The molecule has 1 amide bonds. The maximum Gasteiger partial charge on any atom is 0.274 e. The van der Waals surface area contributed by atoms with Crippen LogP contribution in [0, 0.1) is 0 Å². The second-order valence-corrected chi connectivity index (χ2v) is 8.25. The number of hydrogen-bond donors (Lipinski definition) is 2. The molecule has 1 heterocycles. The van der Waals surface area contributed by atoms with Crippen molar-refractivity contribution >= 4 is 27.4 Å². The van der Waals surface area contributed by atoms with E-state index in [0.29, 0.717) is 17.5 Å². The highest BCUT2D eigenvalue weighted by Gasteiger charge is 2.20. The molecule has 3 N–H and O–H groups in total. The second kappa shape index (κ2) is 8.01. The number of hydrogen-bond acceptors (Lipinski definition) is 6. The van der Waals surface area contributed by atoms with E-state index in [1.54, 1.807) is 6.07 Å². The Kier molecular flexibility index (Phi) is 5.71. The molecule has 1 fully saturated rings. The number of benzene rings is 1. The van der Waals surface area contributed by atoms with Crippen LogP contribution in [0.4, 0.5) is 11.5 Å². The number of nitrogens with zero attached hydrogens (tertiary/aromatic N) is 3. The molecule has 1 aromatic carbocycles. The molecule has 1 aromatic heterocycles. The van der Waals surface area contributed by atoms with Gasteiger partial charge < -0.3 is 10.2 Å². The highest BCUT2D eigenvalue weighted by molar-refractivity contribution is 7.89. The number of sulfonamides is 1. The van der Waals surface area contributed by atoms with Crippen LogP contribution in [0.2, 0.25) is 0 Å². The quantitative estimate of drug-likeness (QED) is 0.809. The van der Waals surface area contributed by atoms with Crippen molar-refractivity contribution in [2.45, 2.75) is 43.0 Å². The van der Waals surface area contributed by atoms with Crippen LogP contribution in [0.5, 0.6) is 0 Å². The number of nitrogens with two attached hydrogens (primary N) is 1. The summed E-state index contributed by atoms with van der Waals surface area (Å²) in [6.07, 6.45) is 7.32. The Morgan fingerprint density at radius 1 is 1.15 bits per heavy atom. The van der Waals surface area contributed by atoms with Crippen LogP contribution < -0.4 is 15.4 Å². The van der Waals surface area contributed by atoms with Gasteiger partial charge in [0.2, 0.25) is 10.0 Å². The molecule has 1 aliphatic carbocycles. The minimum absolute atomic E-state index is 0.0149. The molecule has 2 aromatic rings. The second-order valence-electron chi connectivity index (χ2n) is 6.69. The van der Waals surface area contributed by atoms with Gasteiger partial charge in [-0.3, -0.25) is 4.79 Å². The molecule has 3 rings (SSSR count). The van der Waals surface area contributed by atoms with Crippen molar-refractivity contribution in [3.63, 3.8) is 0 Å². The summed E-state index contributed by atoms with van der Waals surface area (Å²) < 4.78 is 22.6. The van der Waals surface area contributed by atoms with Crippen molar-refractivity contribution in [3.05, 3.63) is 42.4 Å². The van der Waals surface area contributed by atoms with Crippen molar-refractivity contribution in [2.24, 2.45) is 5.14 Å². The van der Waals surface area contributed by atoms with Crippen molar-refractivity contribution in [2.75, 3.05) is 17.3 Å². The molecule has 0 unspecified atom stereocenters. The van der Waals surface area contributed by atoms with Gasteiger partial charge in [0, 0.05) is 24.8 Å². The minimum atomic E-state index is -3.77. The number of carbonyl (C=O) groups is 1. The molecule has 0 saturated heterocycles. The van der Waals surface area contributed by atoms with Gasteiger partial charge >= 0.3 is 0 Å². The lowest BCUT2D eigenvalue weighted by Crippen LogP contribution is -2.34. The van der Waals surface area contributed by atoms with E-state index < -0.39 is 10.0 Å². The number of rotatable bonds is 5. The molecule has 0 aliphatic heterocycles. The maximum atomic E-state index is 12.5. The van der Waals surface area contributed by atoms with Crippen molar-refractivity contribution in [1.82, 2.24) is 9.97 Å². The van der Waals surface area contributed by atoms with Crippen LogP contribution in [0.25, 0.3) is 0 Å². The number of primary sulfonamides is 1. The van der Waals surface area contributed by atoms with Gasteiger partial charge in [0.25, 0.3) is 5.91 Å². The molecule has 9 heteroatoms. The molecule has 0 bridgehead atoms. The van der Waals surface area contributed by atoms with Crippen LogP contribution in [0.3, 0.4) is 0 Å². The summed E-state index contributed by atoms with van der Waals surface area (Å²) in [5, 5.41) is 7.77. The van der Waals surface area contributed by atoms with Crippen LogP contribution in [0.15, 0.2) is 41.6 Å². The number of aromatic nitrogens is 2. The largest absolute Gasteiger partial charge is 0.357 e. The number of carbonyl (C=O) groups excluding carboxylic acids is 1. The first-order valence-corrected chi connectivity index (χ1v) is 10.4. The van der Waals surface area contributed by atoms with Gasteiger partial charge in [0.05, 0.1) is 4.90 Å². The summed E-state index contributed by atoms with van der Waals surface area (Å²) in [6, 6.07) is 7.74. The van der Waals surface area contributed by atoms with Crippen molar-refractivity contribution in [3.8, 4) is 0 Å². The molecule has 8 nitrogen and oxygen atoms in total. The molecule has 0 atom stereocenters. The van der Waals surface area contributed by atoms with Gasteiger partial charge in [-0.15, -0.1) is 0 Å². The van der Waals surface area contributed by atoms with E-state index in [4.69, 9.17) is 5.14 Å². The first kappa shape index (κ1) is 19.2. The van der Waals surface area contributed by atoms with Gasteiger partial charge in [0.15, 0.2) is 0 Å². The Labute approximate surface area is 158 Å². The minimum Gasteiger partial charge on any atom is -0.357 e. The maximum absolute atomic E-state index is 12.5. The summed E-state index contributed by atoms with van der Waals surface area (Å²) in [6.45, 7) is 0. The zero-order chi connectivity index (χ0) is 19.4. The van der Waals surface area contributed by atoms with E-state index in [-0.39, 0.29) is 16.5 Å². The normalized spacial score (nSPS) is 15.3. The molecular weight excluding hydrogens is 366 g/mol. The fourth-order valence-electron chi connectivity index (χ4n) is 3.24. The monoisotopic (exact) mass is 389 g/mol. The third kappa shape index (κ3) is 4.81. The summed E-state index contributed by atoms with van der Waals surface area (Å²) in [5.41, 5.74) is 0.700. The van der Waals surface area contributed by atoms with E-state index in [1.807, 2.05) is 7.05 Å². The van der Waals surface area contributed by atoms with E-state index in [1.165, 1.54) is 49.9 Å². The predicted octanol–water partition coefficient (Wildman–Crippen LogP) is 2.15. The molecular formula is C18H23N5O3S. The zero-order valence-corrected chi connectivity index (χ0v) is 15.9. The van der Waals surface area contributed by atoms with Crippen LogP contribution in [0.1, 0.15) is 42.6 Å². The lowest BCUT2D eigenvalue weighted by Gasteiger charge is -2.32. The molecule has 144 valence electrons. The lowest BCUT2D eigenvalue weighted by molar-refractivity contribution is 0.102. The summed E-state index contributed by atoms with van der Waals surface area (Å²) in [7, 11) is -1.77. The fourth-order valence-corrected chi connectivity index (χ4v) is 3.76. The van der Waals surface area contributed by atoms with Crippen molar-refractivity contribution in [1.29, 1.82) is 0 Å².